The van der Waals surface area contributed by atoms with Crippen LogP contribution in [0.25, 0.3) is 0 Å². The largest absolute Gasteiger partial charge is 0.326 e. The minimum absolute atomic E-state index is 0.177. The van der Waals surface area contributed by atoms with E-state index in [0.29, 0.717) is 12.6 Å². The van der Waals surface area contributed by atoms with Gasteiger partial charge in [-0.3, -0.25) is 4.90 Å². The van der Waals surface area contributed by atoms with Crippen LogP contribution in [0.15, 0.2) is 18.2 Å². The van der Waals surface area contributed by atoms with Crippen LogP contribution >= 0.6 is 0 Å². The maximum atomic E-state index is 13.5. The summed E-state index contributed by atoms with van der Waals surface area (Å²) < 4.78 is 13.5. The van der Waals surface area contributed by atoms with E-state index in [-0.39, 0.29) is 5.82 Å². The quantitative estimate of drug-likeness (QED) is 0.904. The molecule has 2 rings (SSSR count). The lowest BCUT2D eigenvalue weighted by Gasteiger charge is -2.34. The van der Waals surface area contributed by atoms with Crippen molar-refractivity contribution in [2.45, 2.75) is 51.7 Å². The van der Waals surface area contributed by atoms with Crippen LogP contribution in [0, 0.1) is 11.7 Å². The lowest BCUT2D eigenvalue weighted by molar-refractivity contribution is 0.157. The van der Waals surface area contributed by atoms with E-state index >= 15 is 0 Å². The number of nitrogens with zero attached hydrogens (tertiary/aromatic N) is 1. The SMILES string of the molecule is CC1CCCC(N(C)Cc2cc(F)cc(CN)c2)C1. The van der Waals surface area contributed by atoms with E-state index < -0.39 is 0 Å². The molecule has 2 atom stereocenters. The molecule has 3 heteroatoms. The first kappa shape index (κ1) is 14.5. The second-order valence-corrected chi connectivity index (χ2v) is 6.01. The number of hydrogen-bond acceptors (Lipinski definition) is 2. The van der Waals surface area contributed by atoms with Gasteiger partial charge in [0.15, 0.2) is 0 Å². The zero-order valence-corrected chi connectivity index (χ0v) is 12.0. The van der Waals surface area contributed by atoms with Gasteiger partial charge >= 0.3 is 0 Å². The fourth-order valence-electron chi connectivity index (χ4n) is 3.15. The fraction of sp³-hybridized carbons (Fsp3) is 0.625. The van der Waals surface area contributed by atoms with Crippen LogP contribution in [0.5, 0.6) is 0 Å². The molecule has 0 bridgehead atoms. The summed E-state index contributed by atoms with van der Waals surface area (Å²) in [4.78, 5) is 2.37. The van der Waals surface area contributed by atoms with Crippen molar-refractivity contribution >= 4 is 0 Å². The summed E-state index contributed by atoms with van der Waals surface area (Å²) in [6, 6.07) is 5.80. The average molecular weight is 264 g/mol. The molecular formula is C16H25FN2. The average Bonchev–Trinajstić information content (AvgIpc) is 2.38. The second kappa shape index (κ2) is 6.49. The van der Waals surface area contributed by atoms with E-state index in [0.717, 1.165) is 23.6 Å². The Bertz CT molecular complexity index is 419. The predicted octanol–water partition coefficient (Wildman–Crippen LogP) is 3.29. The summed E-state index contributed by atoms with van der Waals surface area (Å²) in [6.07, 6.45) is 5.18. The van der Waals surface area contributed by atoms with Crippen LogP contribution in [0.2, 0.25) is 0 Å². The van der Waals surface area contributed by atoms with Crippen molar-refractivity contribution in [1.82, 2.24) is 4.90 Å². The molecule has 0 spiro atoms. The van der Waals surface area contributed by atoms with E-state index in [4.69, 9.17) is 5.73 Å². The van der Waals surface area contributed by atoms with Gasteiger partial charge in [0.25, 0.3) is 0 Å². The van der Waals surface area contributed by atoms with Crippen LogP contribution in [-0.2, 0) is 13.1 Å². The molecule has 19 heavy (non-hydrogen) atoms. The highest BCUT2D eigenvalue weighted by atomic mass is 19.1. The number of nitrogens with two attached hydrogens (primary N) is 1. The van der Waals surface area contributed by atoms with Gasteiger partial charge in [-0.2, -0.15) is 0 Å². The lowest BCUT2D eigenvalue weighted by Crippen LogP contribution is -2.35. The number of benzene rings is 1. The molecule has 0 amide bonds. The minimum atomic E-state index is -0.177. The first-order chi connectivity index (χ1) is 9.08. The van der Waals surface area contributed by atoms with Crippen molar-refractivity contribution in [3.05, 3.63) is 35.1 Å². The lowest BCUT2D eigenvalue weighted by atomic mass is 9.86. The van der Waals surface area contributed by atoms with Gasteiger partial charge in [0.2, 0.25) is 0 Å². The van der Waals surface area contributed by atoms with Gasteiger partial charge in [0, 0.05) is 19.1 Å². The number of hydrogen-bond donors (Lipinski definition) is 1. The highest BCUT2D eigenvalue weighted by molar-refractivity contribution is 5.24. The maximum Gasteiger partial charge on any atom is 0.123 e. The van der Waals surface area contributed by atoms with Gasteiger partial charge in [-0.25, -0.2) is 4.39 Å². The molecule has 0 aliphatic heterocycles. The molecule has 0 saturated heterocycles. The zero-order chi connectivity index (χ0) is 13.8. The molecule has 2 unspecified atom stereocenters. The topological polar surface area (TPSA) is 29.3 Å². The van der Waals surface area contributed by atoms with Crippen molar-refractivity contribution in [2.75, 3.05) is 7.05 Å². The third kappa shape index (κ3) is 4.02. The van der Waals surface area contributed by atoms with E-state index in [1.54, 1.807) is 6.07 Å². The summed E-state index contributed by atoms with van der Waals surface area (Å²) in [6.45, 7) is 3.53. The first-order valence-electron chi connectivity index (χ1n) is 7.27. The van der Waals surface area contributed by atoms with Crippen LogP contribution in [0.3, 0.4) is 0 Å². The van der Waals surface area contributed by atoms with Crippen LogP contribution in [0.4, 0.5) is 4.39 Å². The molecular weight excluding hydrogens is 239 g/mol. The maximum absolute atomic E-state index is 13.5. The van der Waals surface area contributed by atoms with Crippen molar-refractivity contribution in [1.29, 1.82) is 0 Å². The summed E-state index contributed by atoms with van der Waals surface area (Å²) >= 11 is 0. The summed E-state index contributed by atoms with van der Waals surface area (Å²) in [5, 5.41) is 0. The monoisotopic (exact) mass is 264 g/mol. The fourth-order valence-corrected chi connectivity index (χ4v) is 3.15. The highest BCUT2D eigenvalue weighted by Crippen LogP contribution is 2.27. The minimum Gasteiger partial charge on any atom is -0.326 e. The van der Waals surface area contributed by atoms with Gasteiger partial charge in [0.05, 0.1) is 0 Å². The molecule has 1 aromatic rings. The van der Waals surface area contributed by atoms with Gasteiger partial charge in [-0.15, -0.1) is 0 Å². The van der Waals surface area contributed by atoms with Gasteiger partial charge in [-0.05, 0) is 49.1 Å². The third-order valence-corrected chi connectivity index (χ3v) is 4.22. The Morgan fingerprint density at radius 3 is 2.68 bits per heavy atom. The Hall–Kier alpha value is -0.930. The van der Waals surface area contributed by atoms with Crippen LogP contribution in [-0.4, -0.2) is 18.0 Å². The number of rotatable bonds is 4. The van der Waals surface area contributed by atoms with E-state index in [9.17, 15) is 4.39 Å². The van der Waals surface area contributed by atoms with Gasteiger partial charge in [0.1, 0.15) is 5.82 Å². The molecule has 2 nitrogen and oxygen atoms in total. The van der Waals surface area contributed by atoms with Crippen molar-refractivity contribution in [2.24, 2.45) is 11.7 Å². The van der Waals surface area contributed by atoms with Crippen molar-refractivity contribution in [3.63, 3.8) is 0 Å². The Balaban J connectivity index is 2.01. The van der Waals surface area contributed by atoms with Crippen LogP contribution < -0.4 is 5.73 Å². The van der Waals surface area contributed by atoms with Gasteiger partial charge in [-0.1, -0.05) is 25.8 Å². The molecule has 1 aromatic carbocycles. The molecule has 2 N–H and O–H groups in total. The molecule has 1 fully saturated rings. The van der Waals surface area contributed by atoms with E-state index in [1.807, 2.05) is 6.07 Å². The smallest absolute Gasteiger partial charge is 0.123 e. The van der Waals surface area contributed by atoms with Crippen molar-refractivity contribution in [3.8, 4) is 0 Å². The van der Waals surface area contributed by atoms with Gasteiger partial charge < -0.3 is 5.73 Å². The van der Waals surface area contributed by atoms with Crippen molar-refractivity contribution < 1.29 is 4.39 Å². The zero-order valence-electron chi connectivity index (χ0n) is 12.0. The first-order valence-corrected chi connectivity index (χ1v) is 7.27. The molecule has 1 aliphatic carbocycles. The standard InChI is InChI=1S/C16H25FN2/c1-12-4-3-5-16(6-12)19(2)11-14-7-13(10-18)8-15(17)9-14/h7-9,12,16H,3-6,10-11,18H2,1-2H3. The Morgan fingerprint density at radius 1 is 1.26 bits per heavy atom. The summed E-state index contributed by atoms with van der Waals surface area (Å²) in [5.41, 5.74) is 7.50. The Kier molecular flexibility index (Phi) is 4.94. The normalized spacial score (nSPS) is 23.8. The van der Waals surface area contributed by atoms with E-state index in [2.05, 4.69) is 18.9 Å². The predicted molar refractivity (Wildman–Crippen MR) is 77.2 cm³/mol. The third-order valence-electron chi connectivity index (χ3n) is 4.22. The molecule has 0 radical (unpaired) electrons. The molecule has 1 saturated carbocycles. The molecule has 106 valence electrons. The molecule has 1 aliphatic rings. The summed E-state index contributed by atoms with van der Waals surface area (Å²) in [5.74, 6) is 0.636. The second-order valence-electron chi connectivity index (χ2n) is 6.01. The molecule has 0 heterocycles. The van der Waals surface area contributed by atoms with E-state index in [1.165, 1.54) is 31.7 Å². The number of halogens is 1. The van der Waals surface area contributed by atoms with Crippen LogP contribution in [0.1, 0.15) is 43.7 Å². The molecule has 0 aromatic heterocycles. The Labute approximate surface area is 115 Å². The highest BCUT2D eigenvalue weighted by Gasteiger charge is 2.22. The Morgan fingerprint density at radius 2 is 2.00 bits per heavy atom. The summed E-state index contributed by atoms with van der Waals surface area (Å²) in [7, 11) is 2.15.